The van der Waals surface area contributed by atoms with E-state index in [1.807, 2.05) is 18.2 Å². The zero-order valence-corrected chi connectivity index (χ0v) is 11.6. The van der Waals surface area contributed by atoms with Crippen LogP contribution in [0, 0.1) is 0 Å². The van der Waals surface area contributed by atoms with Crippen LogP contribution in [0.3, 0.4) is 0 Å². The lowest BCUT2D eigenvalue weighted by Crippen LogP contribution is -2.19. The molecule has 0 radical (unpaired) electrons. The summed E-state index contributed by atoms with van der Waals surface area (Å²) in [6.07, 6.45) is 0. The Hall–Kier alpha value is -0.810. The molecule has 0 heterocycles. The van der Waals surface area contributed by atoms with Crippen molar-refractivity contribution in [2.75, 3.05) is 40.6 Å². The average molecular weight is 274 g/mol. The largest absolute Gasteiger partial charge is 0.491 e. The maximum absolute atomic E-state index is 6.17. The van der Waals surface area contributed by atoms with Crippen LogP contribution >= 0.6 is 11.6 Å². The molecule has 0 saturated carbocycles. The minimum atomic E-state index is 0.516. The van der Waals surface area contributed by atoms with Crippen molar-refractivity contribution in [1.82, 2.24) is 5.32 Å². The zero-order valence-electron chi connectivity index (χ0n) is 10.9. The number of benzene rings is 1. The Balaban J connectivity index is 2.56. The van der Waals surface area contributed by atoms with Crippen LogP contribution in [0.25, 0.3) is 0 Å². The molecule has 102 valence electrons. The molecule has 0 aliphatic rings. The second-order valence-electron chi connectivity index (χ2n) is 3.73. The van der Waals surface area contributed by atoms with Crippen molar-refractivity contribution in [3.05, 3.63) is 28.8 Å². The van der Waals surface area contributed by atoms with Crippen LogP contribution in [-0.2, 0) is 16.0 Å². The summed E-state index contributed by atoms with van der Waals surface area (Å²) < 4.78 is 15.6. The van der Waals surface area contributed by atoms with E-state index in [2.05, 4.69) is 5.32 Å². The fourth-order valence-electron chi connectivity index (χ4n) is 1.47. The summed E-state index contributed by atoms with van der Waals surface area (Å²) in [5, 5.41) is 3.96. The third-order valence-corrected chi connectivity index (χ3v) is 2.76. The van der Waals surface area contributed by atoms with Gasteiger partial charge in [-0.1, -0.05) is 17.7 Å². The number of methoxy groups -OCH3 is 2. The van der Waals surface area contributed by atoms with Gasteiger partial charge in [0, 0.05) is 37.9 Å². The summed E-state index contributed by atoms with van der Waals surface area (Å²) in [6.45, 7) is 3.18. The van der Waals surface area contributed by atoms with Gasteiger partial charge in [-0.25, -0.2) is 0 Å². The highest BCUT2D eigenvalue weighted by Crippen LogP contribution is 2.26. The van der Waals surface area contributed by atoms with Crippen molar-refractivity contribution in [3.8, 4) is 5.75 Å². The van der Waals surface area contributed by atoms with E-state index in [1.165, 1.54) is 0 Å². The second-order valence-corrected chi connectivity index (χ2v) is 4.13. The molecule has 0 saturated heterocycles. The van der Waals surface area contributed by atoms with Gasteiger partial charge in [0.25, 0.3) is 0 Å². The number of rotatable bonds is 9. The Morgan fingerprint density at radius 3 is 2.61 bits per heavy atom. The van der Waals surface area contributed by atoms with E-state index >= 15 is 0 Å². The monoisotopic (exact) mass is 273 g/mol. The van der Waals surface area contributed by atoms with E-state index in [9.17, 15) is 0 Å². The van der Waals surface area contributed by atoms with Gasteiger partial charge in [0.05, 0.1) is 13.2 Å². The molecule has 0 fully saturated rings. The molecule has 0 unspecified atom stereocenters. The molecular weight excluding hydrogens is 254 g/mol. The van der Waals surface area contributed by atoms with Gasteiger partial charge < -0.3 is 19.5 Å². The molecule has 1 aromatic carbocycles. The molecule has 1 rings (SSSR count). The lowest BCUT2D eigenvalue weighted by atomic mass is 10.2. The number of ether oxygens (including phenoxy) is 3. The lowest BCUT2D eigenvalue weighted by molar-refractivity contribution is 0.145. The topological polar surface area (TPSA) is 39.7 Å². The van der Waals surface area contributed by atoms with Crippen LogP contribution in [0.15, 0.2) is 18.2 Å². The van der Waals surface area contributed by atoms with Crippen molar-refractivity contribution in [1.29, 1.82) is 0 Å². The van der Waals surface area contributed by atoms with Crippen LogP contribution in [0.5, 0.6) is 5.75 Å². The van der Waals surface area contributed by atoms with Crippen molar-refractivity contribution < 1.29 is 14.2 Å². The Morgan fingerprint density at radius 2 is 1.89 bits per heavy atom. The summed E-state index contributed by atoms with van der Waals surface area (Å²) in [5.74, 6) is 0.796. The van der Waals surface area contributed by atoms with E-state index in [0.29, 0.717) is 31.4 Å². The molecular formula is C13H20ClNO3. The highest BCUT2D eigenvalue weighted by molar-refractivity contribution is 6.31. The first-order valence-corrected chi connectivity index (χ1v) is 6.26. The smallest absolute Gasteiger partial charge is 0.125 e. The molecule has 0 spiro atoms. The van der Waals surface area contributed by atoms with E-state index in [0.717, 1.165) is 17.9 Å². The van der Waals surface area contributed by atoms with Crippen LogP contribution in [-0.4, -0.2) is 40.6 Å². The Bertz CT molecular complexity index is 347. The maximum atomic E-state index is 6.17. The summed E-state index contributed by atoms with van der Waals surface area (Å²) in [4.78, 5) is 0. The molecule has 0 atom stereocenters. The molecule has 4 nitrogen and oxygen atoms in total. The summed E-state index contributed by atoms with van der Waals surface area (Å²) in [5.41, 5.74) is 0.964. The molecule has 1 aromatic rings. The van der Waals surface area contributed by atoms with Crippen LogP contribution < -0.4 is 10.1 Å². The molecule has 0 aliphatic heterocycles. The summed E-state index contributed by atoms with van der Waals surface area (Å²) >= 11 is 6.17. The first-order chi connectivity index (χ1) is 8.79. The Labute approximate surface area is 113 Å². The molecule has 18 heavy (non-hydrogen) atoms. The molecule has 0 amide bonds. The highest BCUT2D eigenvalue weighted by atomic mass is 35.5. The fourth-order valence-corrected chi connectivity index (χ4v) is 1.70. The quantitative estimate of drug-likeness (QED) is 0.700. The Kier molecular flexibility index (Phi) is 7.76. The third-order valence-electron chi connectivity index (χ3n) is 2.41. The number of nitrogens with one attached hydrogen (secondary N) is 1. The van der Waals surface area contributed by atoms with Gasteiger partial charge in [0.2, 0.25) is 0 Å². The molecule has 0 aromatic heterocycles. The standard InChI is InChI=1S/C13H20ClNO3/c1-16-7-6-15-10-11-12(14)4-3-5-13(11)18-9-8-17-2/h3-5,15H,6-10H2,1-2H3. The molecule has 1 N–H and O–H groups in total. The van der Waals surface area contributed by atoms with Crippen LogP contribution in [0.4, 0.5) is 0 Å². The summed E-state index contributed by atoms with van der Waals surface area (Å²) in [6, 6.07) is 5.65. The highest BCUT2D eigenvalue weighted by Gasteiger charge is 2.07. The minimum absolute atomic E-state index is 0.516. The van der Waals surface area contributed by atoms with Crippen LogP contribution in [0.1, 0.15) is 5.56 Å². The predicted molar refractivity (Wildman–Crippen MR) is 72.4 cm³/mol. The molecule has 0 aliphatic carbocycles. The summed E-state index contributed by atoms with van der Waals surface area (Å²) in [7, 11) is 3.32. The fraction of sp³-hybridized carbons (Fsp3) is 0.538. The van der Waals surface area contributed by atoms with Crippen molar-refractivity contribution in [3.63, 3.8) is 0 Å². The van der Waals surface area contributed by atoms with E-state index in [4.69, 9.17) is 25.8 Å². The van der Waals surface area contributed by atoms with Gasteiger partial charge in [-0.3, -0.25) is 0 Å². The molecule has 5 heteroatoms. The number of hydrogen-bond acceptors (Lipinski definition) is 4. The lowest BCUT2D eigenvalue weighted by Gasteiger charge is -2.13. The third kappa shape index (κ3) is 5.23. The van der Waals surface area contributed by atoms with Crippen molar-refractivity contribution >= 4 is 11.6 Å². The van der Waals surface area contributed by atoms with Crippen LogP contribution in [0.2, 0.25) is 5.02 Å². The van der Waals surface area contributed by atoms with Gasteiger partial charge in [-0.2, -0.15) is 0 Å². The van der Waals surface area contributed by atoms with Gasteiger partial charge in [-0.15, -0.1) is 0 Å². The first-order valence-electron chi connectivity index (χ1n) is 5.88. The van der Waals surface area contributed by atoms with Crippen molar-refractivity contribution in [2.45, 2.75) is 6.54 Å². The van der Waals surface area contributed by atoms with E-state index < -0.39 is 0 Å². The predicted octanol–water partition coefficient (Wildman–Crippen LogP) is 2.10. The van der Waals surface area contributed by atoms with E-state index in [1.54, 1.807) is 14.2 Å². The normalized spacial score (nSPS) is 10.6. The van der Waals surface area contributed by atoms with E-state index in [-0.39, 0.29) is 0 Å². The van der Waals surface area contributed by atoms with Gasteiger partial charge in [-0.05, 0) is 12.1 Å². The minimum Gasteiger partial charge on any atom is -0.491 e. The Morgan fingerprint density at radius 1 is 1.11 bits per heavy atom. The average Bonchev–Trinajstić information content (AvgIpc) is 2.37. The zero-order chi connectivity index (χ0) is 13.2. The first kappa shape index (κ1) is 15.2. The maximum Gasteiger partial charge on any atom is 0.125 e. The molecule has 0 bridgehead atoms. The van der Waals surface area contributed by atoms with Gasteiger partial charge in [0.1, 0.15) is 12.4 Å². The second kappa shape index (κ2) is 9.16. The SMILES string of the molecule is COCCNCc1c(Cl)cccc1OCCOC. The van der Waals surface area contributed by atoms with Gasteiger partial charge >= 0.3 is 0 Å². The number of hydrogen-bond donors (Lipinski definition) is 1. The van der Waals surface area contributed by atoms with Crippen molar-refractivity contribution in [2.24, 2.45) is 0 Å². The van der Waals surface area contributed by atoms with Gasteiger partial charge in [0.15, 0.2) is 0 Å². The number of halogens is 1.